The predicted molar refractivity (Wildman–Crippen MR) is 76.0 cm³/mol. The Kier molecular flexibility index (Phi) is 3.31. The van der Waals surface area contributed by atoms with Crippen LogP contribution >= 0.6 is 22.7 Å². The van der Waals surface area contributed by atoms with E-state index in [4.69, 9.17) is 0 Å². The highest BCUT2D eigenvalue weighted by Gasteiger charge is 2.08. The Bertz CT molecular complexity index is 667. The predicted octanol–water partition coefficient (Wildman–Crippen LogP) is 2.13. The minimum absolute atomic E-state index is 0.0211. The lowest BCUT2D eigenvalue weighted by Crippen LogP contribution is -2.24. The zero-order valence-corrected chi connectivity index (χ0v) is 11.9. The SMILES string of the molecule is Cc1cn2nc(CCNC(=O)c3cccs3)sc2n1. The highest BCUT2D eigenvalue weighted by atomic mass is 32.1. The smallest absolute Gasteiger partial charge is 0.261 e. The number of thiophene rings is 1. The monoisotopic (exact) mass is 292 g/mol. The Labute approximate surface area is 117 Å². The van der Waals surface area contributed by atoms with E-state index < -0.39 is 0 Å². The minimum Gasteiger partial charge on any atom is -0.351 e. The molecule has 7 heteroatoms. The lowest BCUT2D eigenvalue weighted by molar-refractivity contribution is 0.0958. The summed E-state index contributed by atoms with van der Waals surface area (Å²) in [7, 11) is 0. The van der Waals surface area contributed by atoms with E-state index in [9.17, 15) is 4.79 Å². The summed E-state index contributed by atoms with van der Waals surface area (Å²) in [6.45, 7) is 2.54. The molecule has 0 bridgehead atoms. The summed E-state index contributed by atoms with van der Waals surface area (Å²) in [6, 6.07) is 3.69. The molecule has 1 N–H and O–H groups in total. The standard InChI is InChI=1S/C12H12N4OS2/c1-8-7-16-12(14-8)19-10(15-16)4-5-13-11(17)9-3-2-6-18-9/h2-3,6-7H,4-5H2,1H3,(H,13,17). The Morgan fingerprint density at radius 3 is 3.16 bits per heavy atom. The molecule has 1 amide bonds. The Morgan fingerprint density at radius 1 is 1.53 bits per heavy atom. The molecule has 0 spiro atoms. The number of hydrogen-bond donors (Lipinski definition) is 1. The van der Waals surface area contributed by atoms with Crippen LogP contribution in [0, 0.1) is 6.92 Å². The van der Waals surface area contributed by atoms with Crippen molar-refractivity contribution in [1.29, 1.82) is 0 Å². The molecule has 0 radical (unpaired) electrons. The van der Waals surface area contributed by atoms with Crippen molar-refractivity contribution >= 4 is 33.5 Å². The fraction of sp³-hybridized carbons (Fsp3) is 0.250. The summed E-state index contributed by atoms with van der Waals surface area (Å²) in [5, 5.41) is 10.2. The van der Waals surface area contributed by atoms with Crippen LogP contribution in [-0.4, -0.2) is 27.0 Å². The van der Waals surface area contributed by atoms with Gasteiger partial charge < -0.3 is 5.32 Å². The van der Waals surface area contributed by atoms with Crippen LogP contribution < -0.4 is 5.32 Å². The lowest BCUT2D eigenvalue weighted by atomic mass is 10.4. The van der Waals surface area contributed by atoms with Gasteiger partial charge in [0.2, 0.25) is 4.96 Å². The fourth-order valence-electron chi connectivity index (χ4n) is 1.73. The molecule has 5 nitrogen and oxygen atoms in total. The second-order valence-corrected chi connectivity index (χ2v) is 6.08. The van der Waals surface area contributed by atoms with E-state index in [0.717, 1.165) is 27.0 Å². The molecule has 0 aliphatic rings. The maximum Gasteiger partial charge on any atom is 0.261 e. The Balaban J connectivity index is 1.57. The van der Waals surface area contributed by atoms with Gasteiger partial charge in [-0.1, -0.05) is 17.4 Å². The van der Waals surface area contributed by atoms with E-state index in [1.54, 1.807) is 15.9 Å². The zero-order chi connectivity index (χ0) is 13.2. The molecule has 0 aromatic carbocycles. The van der Waals surface area contributed by atoms with Crippen LogP contribution in [-0.2, 0) is 6.42 Å². The molecule has 0 aliphatic carbocycles. The zero-order valence-electron chi connectivity index (χ0n) is 10.3. The summed E-state index contributed by atoms with van der Waals surface area (Å²) in [5.41, 5.74) is 0.969. The van der Waals surface area contributed by atoms with Gasteiger partial charge in [-0.15, -0.1) is 11.3 Å². The normalized spacial score (nSPS) is 11.0. The molecule has 19 heavy (non-hydrogen) atoms. The molecule has 0 unspecified atom stereocenters. The first-order valence-corrected chi connectivity index (χ1v) is 7.55. The first kappa shape index (κ1) is 12.3. The highest BCUT2D eigenvalue weighted by molar-refractivity contribution is 7.16. The molecule has 0 saturated carbocycles. The van der Waals surface area contributed by atoms with Crippen molar-refractivity contribution in [2.45, 2.75) is 13.3 Å². The lowest BCUT2D eigenvalue weighted by Gasteiger charge is -2.00. The van der Waals surface area contributed by atoms with E-state index in [2.05, 4.69) is 15.4 Å². The summed E-state index contributed by atoms with van der Waals surface area (Å²) >= 11 is 3.00. The molecular formula is C12H12N4OS2. The van der Waals surface area contributed by atoms with E-state index in [0.29, 0.717) is 6.54 Å². The third kappa shape index (κ3) is 2.66. The molecule has 3 rings (SSSR count). The van der Waals surface area contributed by atoms with Crippen LogP contribution in [0.4, 0.5) is 0 Å². The van der Waals surface area contributed by atoms with Gasteiger partial charge in [-0.05, 0) is 18.4 Å². The van der Waals surface area contributed by atoms with Crippen molar-refractivity contribution in [3.05, 3.63) is 39.3 Å². The number of carbonyl (C=O) groups is 1. The van der Waals surface area contributed by atoms with Crippen LogP contribution in [0.15, 0.2) is 23.7 Å². The number of carbonyl (C=O) groups excluding carboxylic acids is 1. The van der Waals surface area contributed by atoms with Gasteiger partial charge in [0.05, 0.1) is 16.8 Å². The van der Waals surface area contributed by atoms with Gasteiger partial charge >= 0.3 is 0 Å². The minimum atomic E-state index is -0.0211. The number of imidazole rings is 1. The quantitative estimate of drug-likeness (QED) is 0.801. The molecule has 0 aliphatic heterocycles. The topological polar surface area (TPSA) is 59.3 Å². The number of fused-ring (bicyclic) bond motifs is 1. The van der Waals surface area contributed by atoms with Crippen molar-refractivity contribution in [3.63, 3.8) is 0 Å². The van der Waals surface area contributed by atoms with Gasteiger partial charge in [0.25, 0.3) is 5.91 Å². The van der Waals surface area contributed by atoms with Crippen molar-refractivity contribution in [2.75, 3.05) is 6.54 Å². The van der Waals surface area contributed by atoms with Crippen LogP contribution in [0.3, 0.4) is 0 Å². The van der Waals surface area contributed by atoms with E-state index in [-0.39, 0.29) is 5.91 Å². The van der Waals surface area contributed by atoms with Gasteiger partial charge in [0, 0.05) is 13.0 Å². The Hall–Kier alpha value is -1.73. The van der Waals surface area contributed by atoms with Gasteiger partial charge in [-0.3, -0.25) is 4.79 Å². The van der Waals surface area contributed by atoms with E-state index >= 15 is 0 Å². The number of aryl methyl sites for hydroxylation is 1. The molecule has 0 atom stereocenters. The number of aromatic nitrogens is 3. The van der Waals surface area contributed by atoms with Crippen LogP contribution in [0.5, 0.6) is 0 Å². The van der Waals surface area contributed by atoms with Gasteiger partial charge in [-0.2, -0.15) is 5.10 Å². The van der Waals surface area contributed by atoms with Crippen LogP contribution in [0.25, 0.3) is 4.96 Å². The molecule has 3 aromatic rings. The van der Waals surface area contributed by atoms with E-state index in [1.807, 2.05) is 30.6 Å². The average Bonchev–Trinajstić information content (AvgIpc) is 3.03. The first-order chi connectivity index (χ1) is 9.22. The van der Waals surface area contributed by atoms with Gasteiger partial charge in [-0.25, -0.2) is 9.50 Å². The third-order valence-corrected chi connectivity index (χ3v) is 4.43. The summed E-state index contributed by atoms with van der Waals surface area (Å²) in [6.07, 6.45) is 2.63. The summed E-state index contributed by atoms with van der Waals surface area (Å²) in [5.74, 6) is -0.0211. The maximum absolute atomic E-state index is 11.7. The third-order valence-electron chi connectivity index (χ3n) is 2.57. The molecule has 98 valence electrons. The summed E-state index contributed by atoms with van der Waals surface area (Å²) in [4.78, 5) is 17.7. The summed E-state index contributed by atoms with van der Waals surface area (Å²) < 4.78 is 1.79. The Morgan fingerprint density at radius 2 is 2.42 bits per heavy atom. The van der Waals surface area contributed by atoms with Crippen LogP contribution in [0.2, 0.25) is 0 Å². The molecule has 0 saturated heterocycles. The first-order valence-electron chi connectivity index (χ1n) is 5.86. The van der Waals surface area contributed by atoms with Crippen molar-refractivity contribution < 1.29 is 4.79 Å². The molecular weight excluding hydrogens is 280 g/mol. The van der Waals surface area contributed by atoms with Crippen molar-refractivity contribution in [1.82, 2.24) is 19.9 Å². The molecule has 0 fully saturated rings. The van der Waals surface area contributed by atoms with Crippen LogP contribution in [0.1, 0.15) is 20.4 Å². The number of amides is 1. The average molecular weight is 292 g/mol. The molecule has 3 heterocycles. The number of rotatable bonds is 4. The van der Waals surface area contributed by atoms with Gasteiger partial charge in [0.1, 0.15) is 5.01 Å². The largest absolute Gasteiger partial charge is 0.351 e. The van der Waals surface area contributed by atoms with Gasteiger partial charge in [0.15, 0.2) is 0 Å². The fourth-order valence-corrected chi connectivity index (χ4v) is 3.29. The second kappa shape index (κ2) is 5.10. The van der Waals surface area contributed by atoms with Crippen molar-refractivity contribution in [2.24, 2.45) is 0 Å². The van der Waals surface area contributed by atoms with E-state index in [1.165, 1.54) is 11.3 Å². The second-order valence-electron chi connectivity index (χ2n) is 4.09. The number of nitrogens with zero attached hydrogens (tertiary/aromatic N) is 3. The van der Waals surface area contributed by atoms with Crippen molar-refractivity contribution in [3.8, 4) is 0 Å². The molecule has 3 aromatic heterocycles. The highest BCUT2D eigenvalue weighted by Crippen LogP contribution is 2.14. The number of hydrogen-bond acceptors (Lipinski definition) is 5. The number of nitrogens with one attached hydrogen (secondary N) is 1. The maximum atomic E-state index is 11.7.